The number of methoxy groups -OCH3 is 1. The number of benzene rings is 2. The fraction of sp³-hybridized carbons (Fsp3) is 0.520. The molecule has 1 N–H and O–H groups in total. The Balaban J connectivity index is 1.56. The highest BCUT2D eigenvalue weighted by Crippen LogP contribution is 2.18. The molecule has 2 aromatic carbocycles. The fourth-order valence-electron chi connectivity index (χ4n) is 3.82. The van der Waals surface area contributed by atoms with Crippen LogP contribution in [0.2, 0.25) is 0 Å². The maximum Gasteiger partial charge on any atom is 0.119 e. The van der Waals surface area contributed by atoms with Gasteiger partial charge in [0.25, 0.3) is 0 Å². The summed E-state index contributed by atoms with van der Waals surface area (Å²) in [5, 5.41) is 10.7. The lowest BCUT2D eigenvalue weighted by atomic mass is 10.1. The third-order valence-electron chi connectivity index (χ3n) is 5.70. The number of aryl methyl sites for hydroxylation is 2. The van der Waals surface area contributed by atoms with Crippen LogP contribution in [0.1, 0.15) is 16.7 Å². The van der Waals surface area contributed by atoms with Crippen molar-refractivity contribution in [3.8, 4) is 11.5 Å². The van der Waals surface area contributed by atoms with Crippen molar-refractivity contribution in [1.29, 1.82) is 0 Å². The van der Waals surface area contributed by atoms with Crippen LogP contribution in [0.15, 0.2) is 42.5 Å². The van der Waals surface area contributed by atoms with E-state index in [1.54, 1.807) is 7.11 Å². The molecule has 2 aromatic rings. The van der Waals surface area contributed by atoms with E-state index in [4.69, 9.17) is 14.2 Å². The summed E-state index contributed by atoms with van der Waals surface area (Å²) in [5.41, 5.74) is 3.87. The van der Waals surface area contributed by atoms with E-state index in [0.717, 1.165) is 57.4 Å². The van der Waals surface area contributed by atoms with Gasteiger partial charge in [-0.15, -0.1) is 0 Å². The molecule has 1 aliphatic rings. The Morgan fingerprint density at radius 1 is 1.06 bits per heavy atom. The summed E-state index contributed by atoms with van der Waals surface area (Å²) in [4.78, 5) is 4.76. The molecule has 0 aromatic heterocycles. The fourth-order valence-corrected chi connectivity index (χ4v) is 3.82. The van der Waals surface area contributed by atoms with Crippen LogP contribution in [0.5, 0.6) is 11.5 Å². The van der Waals surface area contributed by atoms with Gasteiger partial charge in [0.2, 0.25) is 0 Å². The molecule has 0 aliphatic carbocycles. The maximum atomic E-state index is 10.7. The van der Waals surface area contributed by atoms with Crippen molar-refractivity contribution in [2.24, 2.45) is 0 Å². The number of aliphatic hydroxyl groups is 1. The van der Waals surface area contributed by atoms with E-state index in [1.165, 1.54) is 16.7 Å². The Hall–Kier alpha value is -2.12. The lowest BCUT2D eigenvalue weighted by Crippen LogP contribution is -2.43. The normalized spacial score (nSPS) is 15.8. The van der Waals surface area contributed by atoms with Crippen LogP contribution < -0.4 is 9.47 Å². The third kappa shape index (κ3) is 7.82. The van der Waals surface area contributed by atoms with Gasteiger partial charge in [-0.25, -0.2) is 0 Å². The molecular weight excluding hydrogens is 392 g/mol. The van der Waals surface area contributed by atoms with Crippen LogP contribution in [0.3, 0.4) is 0 Å². The van der Waals surface area contributed by atoms with Gasteiger partial charge in [-0.3, -0.25) is 9.80 Å². The van der Waals surface area contributed by atoms with Gasteiger partial charge in [-0.05, 0) is 49.2 Å². The predicted molar refractivity (Wildman–Crippen MR) is 123 cm³/mol. The molecule has 1 unspecified atom stereocenters. The minimum absolute atomic E-state index is 0.257. The molecule has 0 amide bonds. The van der Waals surface area contributed by atoms with Gasteiger partial charge in [0, 0.05) is 39.3 Å². The molecule has 0 saturated carbocycles. The molecule has 3 rings (SSSR count). The largest absolute Gasteiger partial charge is 0.497 e. The number of ether oxygens (including phenoxy) is 3. The summed E-state index contributed by atoms with van der Waals surface area (Å²) in [7, 11) is 1.64. The van der Waals surface area contributed by atoms with Gasteiger partial charge in [0.05, 0.1) is 20.3 Å². The van der Waals surface area contributed by atoms with Crippen molar-refractivity contribution >= 4 is 0 Å². The molecule has 170 valence electrons. The second-order valence-electron chi connectivity index (χ2n) is 8.26. The van der Waals surface area contributed by atoms with E-state index >= 15 is 0 Å². The van der Waals surface area contributed by atoms with Crippen LogP contribution in [-0.4, -0.2) is 80.7 Å². The molecule has 1 saturated heterocycles. The molecule has 6 nitrogen and oxygen atoms in total. The van der Waals surface area contributed by atoms with Gasteiger partial charge < -0.3 is 19.3 Å². The molecule has 1 aliphatic heterocycles. The first-order valence-corrected chi connectivity index (χ1v) is 11.1. The van der Waals surface area contributed by atoms with E-state index in [1.807, 2.05) is 24.3 Å². The number of hydrogen-bond acceptors (Lipinski definition) is 6. The number of rotatable bonds is 11. The molecule has 1 fully saturated rings. The highest BCUT2D eigenvalue weighted by atomic mass is 16.5. The zero-order valence-electron chi connectivity index (χ0n) is 19.0. The third-order valence-corrected chi connectivity index (χ3v) is 5.70. The first-order chi connectivity index (χ1) is 15.0. The molecule has 1 heterocycles. The first-order valence-electron chi connectivity index (χ1n) is 11.1. The van der Waals surface area contributed by atoms with Crippen molar-refractivity contribution in [2.45, 2.75) is 26.5 Å². The Bertz CT molecular complexity index is 791. The maximum absolute atomic E-state index is 10.7. The molecule has 31 heavy (non-hydrogen) atoms. The van der Waals surface area contributed by atoms with Crippen LogP contribution in [0.25, 0.3) is 0 Å². The highest BCUT2D eigenvalue weighted by Gasteiger charge is 2.17. The monoisotopic (exact) mass is 428 g/mol. The van der Waals surface area contributed by atoms with Gasteiger partial charge in [-0.2, -0.15) is 0 Å². The number of morpholine rings is 1. The van der Waals surface area contributed by atoms with E-state index < -0.39 is 6.10 Å². The van der Waals surface area contributed by atoms with E-state index in [-0.39, 0.29) is 6.61 Å². The summed E-state index contributed by atoms with van der Waals surface area (Å²) < 4.78 is 16.4. The van der Waals surface area contributed by atoms with Crippen molar-refractivity contribution < 1.29 is 19.3 Å². The van der Waals surface area contributed by atoms with Crippen molar-refractivity contribution in [1.82, 2.24) is 9.80 Å². The second-order valence-corrected chi connectivity index (χ2v) is 8.26. The lowest BCUT2D eigenvalue weighted by molar-refractivity contribution is 0.0255. The minimum Gasteiger partial charge on any atom is -0.497 e. The lowest BCUT2D eigenvalue weighted by Gasteiger charge is -2.31. The SMILES string of the molecule is COc1ccc(OCC(O)CN(CCN2CCOCC2)Cc2ccc(C)cc2C)cc1. The molecule has 0 bridgehead atoms. The zero-order valence-corrected chi connectivity index (χ0v) is 19.0. The number of aliphatic hydroxyl groups excluding tert-OH is 1. The molecule has 0 radical (unpaired) electrons. The summed E-state index contributed by atoms with van der Waals surface area (Å²) in [6, 6.07) is 14.0. The van der Waals surface area contributed by atoms with Crippen LogP contribution in [0, 0.1) is 13.8 Å². The predicted octanol–water partition coefficient (Wildman–Crippen LogP) is 2.89. The topological polar surface area (TPSA) is 54.4 Å². The summed E-state index contributed by atoms with van der Waals surface area (Å²) in [6.07, 6.45) is -0.572. The average Bonchev–Trinajstić information content (AvgIpc) is 2.79. The summed E-state index contributed by atoms with van der Waals surface area (Å²) in [6.45, 7) is 11.3. The van der Waals surface area contributed by atoms with Crippen LogP contribution in [-0.2, 0) is 11.3 Å². The second kappa shape index (κ2) is 12.1. The Morgan fingerprint density at radius 2 is 1.77 bits per heavy atom. The van der Waals surface area contributed by atoms with Crippen molar-refractivity contribution in [2.75, 3.05) is 59.7 Å². The molecule has 0 spiro atoms. The summed E-state index contributed by atoms with van der Waals surface area (Å²) >= 11 is 0. The van der Waals surface area contributed by atoms with Gasteiger partial charge in [-0.1, -0.05) is 23.8 Å². The quantitative estimate of drug-likeness (QED) is 0.594. The van der Waals surface area contributed by atoms with Gasteiger partial charge in [0.15, 0.2) is 0 Å². The molecule has 1 atom stereocenters. The van der Waals surface area contributed by atoms with Gasteiger partial charge >= 0.3 is 0 Å². The standard InChI is InChI=1S/C25H36N2O4/c1-20-4-5-22(21(2)16-20)17-27(11-10-26-12-14-30-15-13-26)18-23(28)19-31-25-8-6-24(29-3)7-9-25/h4-9,16,23,28H,10-15,17-19H2,1-3H3. The Kier molecular flexibility index (Phi) is 9.15. The molecule has 6 heteroatoms. The Labute approximate surface area is 186 Å². The van der Waals surface area contributed by atoms with Gasteiger partial charge in [0.1, 0.15) is 24.2 Å². The number of hydrogen-bond donors (Lipinski definition) is 1. The van der Waals surface area contributed by atoms with Crippen molar-refractivity contribution in [3.05, 3.63) is 59.2 Å². The Morgan fingerprint density at radius 3 is 2.45 bits per heavy atom. The van der Waals surface area contributed by atoms with E-state index in [9.17, 15) is 5.11 Å². The summed E-state index contributed by atoms with van der Waals surface area (Å²) in [5.74, 6) is 1.52. The average molecular weight is 429 g/mol. The van der Waals surface area contributed by atoms with Crippen LogP contribution in [0.4, 0.5) is 0 Å². The van der Waals surface area contributed by atoms with E-state index in [0.29, 0.717) is 6.54 Å². The molecular formula is C25H36N2O4. The zero-order chi connectivity index (χ0) is 22.1. The van der Waals surface area contributed by atoms with Crippen LogP contribution >= 0.6 is 0 Å². The minimum atomic E-state index is -0.572. The highest BCUT2D eigenvalue weighted by molar-refractivity contribution is 5.31. The smallest absolute Gasteiger partial charge is 0.119 e. The number of nitrogens with zero attached hydrogens (tertiary/aromatic N) is 2. The first kappa shape index (κ1) is 23.5. The van der Waals surface area contributed by atoms with Crippen molar-refractivity contribution in [3.63, 3.8) is 0 Å². The van der Waals surface area contributed by atoms with E-state index in [2.05, 4.69) is 41.8 Å².